The zero-order chi connectivity index (χ0) is 16.3. The Morgan fingerprint density at radius 3 is 2.86 bits per heavy atom. The summed E-state index contributed by atoms with van der Waals surface area (Å²) < 4.78 is 7.28. The molecule has 2 rings (SSSR count). The Balaban J connectivity index is 1.89. The van der Waals surface area contributed by atoms with Crippen LogP contribution in [0.5, 0.6) is 0 Å². The summed E-state index contributed by atoms with van der Waals surface area (Å²) in [6, 6.07) is 2.44. The Hall–Kier alpha value is -1.72. The van der Waals surface area contributed by atoms with Crippen molar-refractivity contribution in [3.05, 3.63) is 12.3 Å². The Morgan fingerprint density at radius 1 is 1.55 bits per heavy atom. The standard InChI is InChI=1S/C16H28N4O2/c1-12(17-14-8-10-19(5)18-14)11-13-7-6-9-20(13)15(21)22-16(2,3)4/h8,10,12-13H,6-7,9,11H2,1-5H3,(H,17,18). The van der Waals surface area contributed by atoms with Gasteiger partial charge in [0.15, 0.2) is 0 Å². The molecule has 22 heavy (non-hydrogen) atoms. The second-order valence-electron chi connectivity index (χ2n) is 7.13. The fraction of sp³-hybridized carbons (Fsp3) is 0.750. The third-order valence-electron chi connectivity index (χ3n) is 3.74. The lowest BCUT2D eigenvalue weighted by atomic mass is 10.1. The van der Waals surface area contributed by atoms with Crippen LogP contribution in [0.15, 0.2) is 12.3 Å². The van der Waals surface area contributed by atoms with E-state index in [4.69, 9.17) is 4.74 Å². The molecule has 1 aliphatic heterocycles. The van der Waals surface area contributed by atoms with Crippen molar-refractivity contribution < 1.29 is 9.53 Å². The van der Waals surface area contributed by atoms with Gasteiger partial charge in [0.05, 0.1) is 0 Å². The zero-order valence-electron chi connectivity index (χ0n) is 14.3. The van der Waals surface area contributed by atoms with Gasteiger partial charge < -0.3 is 15.0 Å². The highest BCUT2D eigenvalue weighted by Crippen LogP contribution is 2.24. The van der Waals surface area contributed by atoms with Gasteiger partial charge in [0.2, 0.25) is 0 Å². The number of ether oxygens (including phenoxy) is 1. The first-order chi connectivity index (χ1) is 10.2. The molecule has 1 N–H and O–H groups in total. The van der Waals surface area contributed by atoms with Crippen LogP contribution in [0.4, 0.5) is 10.6 Å². The summed E-state index contributed by atoms with van der Waals surface area (Å²) in [5.74, 6) is 0.872. The predicted molar refractivity (Wildman–Crippen MR) is 86.9 cm³/mol. The minimum absolute atomic E-state index is 0.194. The molecule has 6 heteroatoms. The molecule has 0 spiro atoms. The average Bonchev–Trinajstić information content (AvgIpc) is 2.96. The van der Waals surface area contributed by atoms with Gasteiger partial charge in [-0.1, -0.05) is 0 Å². The summed E-state index contributed by atoms with van der Waals surface area (Å²) in [7, 11) is 1.90. The highest BCUT2D eigenvalue weighted by molar-refractivity contribution is 5.69. The largest absolute Gasteiger partial charge is 0.444 e. The van der Waals surface area contributed by atoms with Crippen LogP contribution < -0.4 is 5.32 Å². The summed E-state index contributed by atoms with van der Waals surface area (Å²) in [5.41, 5.74) is -0.442. The van der Waals surface area contributed by atoms with Gasteiger partial charge in [-0.15, -0.1) is 0 Å². The van der Waals surface area contributed by atoms with Gasteiger partial charge in [0.25, 0.3) is 0 Å². The molecule has 0 radical (unpaired) electrons. The minimum atomic E-state index is -0.442. The number of nitrogens with zero attached hydrogens (tertiary/aromatic N) is 3. The van der Waals surface area contributed by atoms with E-state index in [0.29, 0.717) is 0 Å². The van der Waals surface area contributed by atoms with E-state index in [2.05, 4.69) is 17.3 Å². The van der Waals surface area contributed by atoms with Crippen LogP contribution in [0.1, 0.15) is 47.0 Å². The van der Waals surface area contributed by atoms with Gasteiger partial charge in [0.1, 0.15) is 11.4 Å². The molecule has 2 heterocycles. The highest BCUT2D eigenvalue weighted by Gasteiger charge is 2.32. The molecule has 1 fully saturated rings. The molecule has 2 atom stereocenters. The van der Waals surface area contributed by atoms with E-state index in [1.54, 1.807) is 4.68 Å². The lowest BCUT2D eigenvalue weighted by molar-refractivity contribution is 0.0218. The molecular weight excluding hydrogens is 280 g/mol. The number of likely N-dealkylation sites (tertiary alicyclic amines) is 1. The smallest absolute Gasteiger partial charge is 0.410 e. The molecule has 1 amide bonds. The number of rotatable bonds is 4. The molecule has 124 valence electrons. The van der Waals surface area contributed by atoms with Crippen molar-refractivity contribution in [3.63, 3.8) is 0 Å². The second kappa shape index (κ2) is 6.58. The number of amides is 1. The van der Waals surface area contributed by atoms with Gasteiger partial charge in [-0.25, -0.2) is 4.79 Å². The van der Waals surface area contributed by atoms with E-state index in [1.807, 2.05) is 45.0 Å². The third-order valence-corrected chi connectivity index (χ3v) is 3.74. The van der Waals surface area contributed by atoms with E-state index in [9.17, 15) is 4.79 Å². The number of aryl methyl sites for hydroxylation is 1. The quantitative estimate of drug-likeness (QED) is 0.929. The van der Waals surface area contributed by atoms with Crippen molar-refractivity contribution in [2.75, 3.05) is 11.9 Å². The van der Waals surface area contributed by atoms with Crippen molar-refractivity contribution >= 4 is 11.9 Å². The normalized spacial score (nSPS) is 20.0. The SMILES string of the molecule is CC(CC1CCCN1C(=O)OC(C)(C)C)Nc1ccn(C)n1. The maximum atomic E-state index is 12.3. The van der Waals surface area contributed by atoms with Crippen LogP contribution >= 0.6 is 0 Å². The first-order valence-corrected chi connectivity index (χ1v) is 8.00. The first-order valence-electron chi connectivity index (χ1n) is 8.00. The molecule has 0 aromatic carbocycles. The molecule has 1 aliphatic rings. The maximum Gasteiger partial charge on any atom is 0.410 e. The lowest BCUT2D eigenvalue weighted by Gasteiger charge is -2.30. The predicted octanol–water partition coefficient (Wildman–Crippen LogP) is 3.01. The van der Waals surface area contributed by atoms with Crippen molar-refractivity contribution in [2.24, 2.45) is 7.05 Å². The van der Waals surface area contributed by atoms with Gasteiger partial charge in [-0.2, -0.15) is 5.10 Å². The van der Waals surface area contributed by atoms with Gasteiger partial charge in [-0.3, -0.25) is 4.68 Å². The van der Waals surface area contributed by atoms with Gasteiger partial charge >= 0.3 is 6.09 Å². The average molecular weight is 308 g/mol. The Labute approximate surface area is 132 Å². The number of hydrogen-bond acceptors (Lipinski definition) is 4. The molecular formula is C16H28N4O2. The number of nitrogens with one attached hydrogen (secondary N) is 1. The topological polar surface area (TPSA) is 59.4 Å². The Morgan fingerprint density at radius 2 is 2.27 bits per heavy atom. The number of carbonyl (C=O) groups is 1. The first kappa shape index (κ1) is 16.6. The molecule has 1 aromatic heterocycles. The van der Waals surface area contributed by atoms with Gasteiger partial charge in [-0.05, 0) is 47.0 Å². The monoisotopic (exact) mass is 308 g/mol. The van der Waals surface area contributed by atoms with Crippen LogP contribution in [0, 0.1) is 0 Å². The fourth-order valence-electron chi connectivity index (χ4n) is 2.85. The van der Waals surface area contributed by atoms with E-state index in [0.717, 1.165) is 31.6 Å². The summed E-state index contributed by atoms with van der Waals surface area (Å²) in [4.78, 5) is 14.2. The minimum Gasteiger partial charge on any atom is -0.444 e. The van der Waals surface area contributed by atoms with E-state index < -0.39 is 5.60 Å². The molecule has 0 bridgehead atoms. The van der Waals surface area contributed by atoms with Crippen LogP contribution in [-0.4, -0.2) is 45.0 Å². The van der Waals surface area contributed by atoms with Crippen LogP contribution in [0.3, 0.4) is 0 Å². The number of aromatic nitrogens is 2. The summed E-state index contributed by atoms with van der Waals surface area (Å²) >= 11 is 0. The van der Waals surface area contributed by atoms with Gasteiger partial charge in [0, 0.05) is 37.9 Å². The summed E-state index contributed by atoms with van der Waals surface area (Å²) in [5, 5.41) is 7.71. The lowest BCUT2D eigenvalue weighted by Crippen LogP contribution is -2.41. The van der Waals surface area contributed by atoms with Crippen LogP contribution in [0.25, 0.3) is 0 Å². The molecule has 0 saturated carbocycles. The Kier molecular flexibility index (Phi) is 4.98. The third kappa shape index (κ3) is 4.64. The number of hydrogen-bond donors (Lipinski definition) is 1. The maximum absolute atomic E-state index is 12.3. The number of carbonyl (C=O) groups excluding carboxylic acids is 1. The molecule has 1 aromatic rings. The zero-order valence-corrected chi connectivity index (χ0v) is 14.3. The molecule has 0 aliphatic carbocycles. The summed E-state index contributed by atoms with van der Waals surface area (Å²) in [6.45, 7) is 8.62. The van der Waals surface area contributed by atoms with E-state index >= 15 is 0 Å². The van der Waals surface area contributed by atoms with Crippen LogP contribution in [0.2, 0.25) is 0 Å². The second-order valence-corrected chi connectivity index (χ2v) is 7.13. The van der Waals surface area contributed by atoms with Crippen molar-refractivity contribution in [1.82, 2.24) is 14.7 Å². The molecule has 2 unspecified atom stereocenters. The summed E-state index contributed by atoms with van der Waals surface area (Å²) in [6.07, 6.45) is 4.70. The van der Waals surface area contributed by atoms with Crippen molar-refractivity contribution in [2.45, 2.75) is 64.6 Å². The van der Waals surface area contributed by atoms with Crippen LogP contribution in [-0.2, 0) is 11.8 Å². The highest BCUT2D eigenvalue weighted by atomic mass is 16.6. The number of anilines is 1. The van der Waals surface area contributed by atoms with E-state index in [-0.39, 0.29) is 18.2 Å². The molecule has 1 saturated heterocycles. The van der Waals surface area contributed by atoms with Crippen molar-refractivity contribution in [3.8, 4) is 0 Å². The Bertz CT molecular complexity index is 506. The van der Waals surface area contributed by atoms with E-state index in [1.165, 1.54) is 0 Å². The molecule has 6 nitrogen and oxygen atoms in total. The fourth-order valence-corrected chi connectivity index (χ4v) is 2.85. The van der Waals surface area contributed by atoms with Crippen molar-refractivity contribution in [1.29, 1.82) is 0 Å².